The Hall–Kier alpha value is -1.35. The topological polar surface area (TPSA) is 93.9 Å². The minimum Gasteiger partial charge on any atom is -0.450 e. The van der Waals surface area contributed by atoms with Gasteiger partial charge in [0.15, 0.2) is 21.1 Å². The van der Waals surface area contributed by atoms with Gasteiger partial charge in [0, 0.05) is 12.6 Å². The lowest BCUT2D eigenvalue weighted by Gasteiger charge is -2.26. The van der Waals surface area contributed by atoms with E-state index in [4.69, 9.17) is 9.15 Å². The molecule has 1 atom stereocenters. The van der Waals surface area contributed by atoms with Gasteiger partial charge in [0.05, 0.1) is 11.5 Å². The fourth-order valence-electron chi connectivity index (χ4n) is 2.36. The van der Waals surface area contributed by atoms with Gasteiger partial charge in [0.25, 0.3) is 5.91 Å². The van der Waals surface area contributed by atoms with Crippen molar-refractivity contribution in [3.63, 3.8) is 0 Å². The van der Waals surface area contributed by atoms with E-state index in [1.165, 1.54) is 11.0 Å². The number of halogens is 1. The van der Waals surface area contributed by atoms with Gasteiger partial charge in [-0.25, -0.2) is 13.2 Å². The summed E-state index contributed by atoms with van der Waals surface area (Å²) in [6.07, 6.45) is 0.418. The predicted molar refractivity (Wildman–Crippen MR) is 81.1 cm³/mol. The van der Waals surface area contributed by atoms with Crippen molar-refractivity contribution in [1.29, 1.82) is 0 Å². The van der Waals surface area contributed by atoms with Crippen LogP contribution in [0.15, 0.2) is 21.2 Å². The van der Waals surface area contributed by atoms with E-state index in [2.05, 4.69) is 15.9 Å². The highest BCUT2D eigenvalue weighted by molar-refractivity contribution is 9.10. The number of esters is 1. The van der Waals surface area contributed by atoms with Gasteiger partial charge in [-0.15, -0.1) is 0 Å². The van der Waals surface area contributed by atoms with Gasteiger partial charge in [0.1, 0.15) is 0 Å². The number of carbonyl (C=O) groups excluding carboxylic acids is 2. The van der Waals surface area contributed by atoms with Crippen molar-refractivity contribution in [1.82, 2.24) is 4.90 Å². The molecule has 1 amide bonds. The summed E-state index contributed by atoms with van der Waals surface area (Å²) in [6.45, 7) is 1.68. The average molecular weight is 394 g/mol. The lowest BCUT2D eigenvalue weighted by Crippen LogP contribution is -2.43. The van der Waals surface area contributed by atoms with Crippen LogP contribution in [-0.2, 0) is 19.4 Å². The Morgan fingerprint density at radius 2 is 2.18 bits per heavy atom. The second-order valence-corrected chi connectivity index (χ2v) is 7.93. The standard InChI is InChI=1S/C13H16BrNO6S/c1-2-15(9-5-6-22(18,19)8-9)12(16)7-20-13(17)10-3-4-11(14)21-10/h3-4,9H,2,5-8H2,1H3/t9-/m0/s1. The summed E-state index contributed by atoms with van der Waals surface area (Å²) in [5.41, 5.74) is 0. The third-order valence-electron chi connectivity index (χ3n) is 3.41. The Labute approximate surface area is 136 Å². The van der Waals surface area contributed by atoms with Crippen LogP contribution in [0.3, 0.4) is 0 Å². The zero-order valence-electron chi connectivity index (χ0n) is 12.0. The maximum atomic E-state index is 12.1. The van der Waals surface area contributed by atoms with Crippen LogP contribution in [0.5, 0.6) is 0 Å². The van der Waals surface area contributed by atoms with Gasteiger partial charge in [-0.1, -0.05) is 0 Å². The van der Waals surface area contributed by atoms with Gasteiger partial charge in [0.2, 0.25) is 5.76 Å². The molecule has 1 saturated heterocycles. The third kappa shape index (κ3) is 4.10. The van der Waals surface area contributed by atoms with E-state index >= 15 is 0 Å². The fourth-order valence-corrected chi connectivity index (χ4v) is 4.40. The van der Waals surface area contributed by atoms with Crippen LogP contribution in [-0.4, -0.2) is 55.9 Å². The van der Waals surface area contributed by atoms with Crippen LogP contribution in [0, 0.1) is 0 Å². The van der Waals surface area contributed by atoms with Crippen LogP contribution >= 0.6 is 15.9 Å². The first kappa shape index (κ1) is 17.0. The van der Waals surface area contributed by atoms with Crippen molar-refractivity contribution in [2.75, 3.05) is 24.7 Å². The normalized spacial score (nSPS) is 19.8. The van der Waals surface area contributed by atoms with Crippen molar-refractivity contribution < 1.29 is 27.2 Å². The van der Waals surface area contributed by atoms with Gasteiger partial charge < -0.3 is 14.1 Å². The SMILES string of the molecule is CCN(C(=O)COC(=O)c1ccc(Br)o1)[C@H]1CCS(=O)(=O)C1. The number of rotatable bonds is 5. The highest BCUT2D eigenvalue weighted by atomic mass is 79.9. The largest absolute Gasteiger partial charge is 0.450 e. The van der Waals surface area contributed by atoms with Crippen molar-refractivity contribution in [3.05, 3.63) is 22.6 Å². The molecule has 0 bridgehead atoms. The summed E-state index contributed by atoms with van der Waals surface area (Å²) < 4.78 is 33.3. The Morgan fingerprint density at radius 3 is 2.68 bits per heavy atom. The zero-order valence-corrected chi connectivity index (χ0v) is 14.4. The molecule has 1 aliphatic heterocycles. The van der Waals surface area contributed by atoms with Gasteiger partial charge in [-0.3, -0.25) is 4.79 Å². The first-order valence-corrected chi connectivity index (χ1v) is 9.36. The molecule has 22 heavy (non-hydrogen) atoms. The molecular formula is C13H16BrNO6S. The molecule has 0 radical (unpaired) electrons. The van der Waals surface area contributed by atoms with Gasteiger partial charge >= 0.3 is 5.97 Å². The molecule has 0 unspecified atom stereocenters. The summed E-state index contributed by atoms with van der Waals surface area (Å²) in [5.74, 6) is -1.11. The minimum absolute atomic E-state index is 0.00818. The quantitative estimate of drug-likeness (QED) is 0.698. The first-order valence-electron chi connectivity index (χ1n) is 6.74. The summed E-state index contributed by atoms with van der Waals surface area (Å²) in [7, 11) is -3.08. The highest BCUT2D eigenvalue weighted by Gasteiger charge is 2.34. The second kappa shape index (κ2) is 6.82. The molecule has 0 aliphatic carbocycles. The lowest BCUT2D eigenvalue weighted by atomic mass is 10.2. The Morgan fingerprint density at radius 1 is 1.45 bits per heavy atom. The molecule has 0 saturated carbocycles. The summed E-state index contributed by atoms with van der Waals surface area (Å²) in [6, 6.07) is 2.62. The molecule has 0 spiro atoms. The summed E-state index contributed by atoms with van der Waals surface area (Å²) >= 11 is 3.06. The van der Waals surface area contributed by atoms with E-state index < -0.39 is 28.3 Å². The molecule has 2 heterocycles. The van der Waals surface area contributed by atoms with Crippen LogP contribution in [0.4, 0.5) is 0 Å². The van der Waals surface area contributed by atoms with Crippen molar-refractivity contribution in [2.24, 2.45) is 0 Å². The number of furan rings is 1. The summed E-state index contributed by atoms with van der Waals surface area (Å²) in [4.78, 5) is 25.3. The number of carbonyl (C=O) groups is 2. The molecule has 1 aromatic heterocycles. The number of sulfone groups is 1. The Kier molecular flexibility index (Phi) is 5.28. The molecule has 1 aromatic rings. The van der Waals surface area contributed by atoms with Crippen molar-refractivity contribution >= 4 is 37.6 Å². The molecule has 7 nitrogen and oxygen atoms in total. The van der Waals surface area contributed by atoms with Gasteiger partial charge in [-0.05, 0) is 41.4 Å². The summed E-state index contributed by atoms with van der Waals surface area (Å²) in [5, 5.41) is 0. The number of likely N-dealkylation sites (N-methyl/N-ethyl adjacent to an activating group) is 1. The van der Waals surface area contributed by atoms with Crippen LogP contribution in [0.1, 0.15) is 23.9 Å². The first-order chi connectivity index (χ1) is 10.3. The number of nitrogens with zero attached hydrogens (tertiary/aromatic N) is 1. The van der Waals surface area contributed by atoms with Crippen LogP contribution in [0.2, 0.25) is 0 Å². The number of hydrogen-bond donors (Lipinski definition) is 0. The number of ether oxygens (including phenoxy) is 1. The third-order valence-corrected chi connectivity index (χ3v) is 5.59. The molecule has 0 aromatic carbocycles. The fraction of sp³-hybridized carbons (Fsp3) is 0.538. The maximum absolute atomic E-state index is 12.1. The van der Waals surface area contributed by atoms with Crippen LogP contribution < -0.4 is 0 Å². The average Bonchev–Trinajstić information content (AvgIpc) is 3.03. The number of amides is 1. The molecule has 2 rings (SSSR count). The zero-order chi connectivity index (χ0) is 16.3. The van der Waals surface area contributed by atoms with E-state index in [-0.39, 0.29) is 23.3 Å². The smallest absolute Gasteiger partial charge is 0.374 e. The van der Waals surface area contributed by atoms with E-state index in [9.17, 15) is 18.0 Å². The lowest BCUT2D eigenvalue weighted by molar-refractivity contribution is -0.136. The Bertz CT molecular complexity index is 668. The van der Waals surface area contributed by atoms with E-state index in [0.717, 1.165) is 0 Å². The van der Waals surface area contributed by atoms with E-state index in [0.29, 0.717) is 17.6 Å². The molecule has 0 N–H and O–H groups in total. The van der Waals surface area contributed by atoms with Crippen molar-refractivity contribution in [2.45, 2.75) is 19.4 Å². The second-order valence-electron chi connectivity index (χ2n) is 4.92. The van der Waals surface area contributed by atoms with Crippen LogP contribution in [0.25, 0.3) is 0 Å². The molecule has 1 fully saturated rings. The van der Waals surface area contributed by atoms with Crippen molar-refractivity contribution in [3.8, 4) is 0 Å². The number of hydrogen-bond acceptors (Lipinski definition) is 6. The highest BCUT2D eigenvalue weighted by Crippen LogP contribution is 2.18. The molecule has 122 valence electrons. The predicted octanol–water partition coefficient (Wildman–Crippen LogP) is 1.23. The Balaban J connectivity index is 1.91. The minimum atomic E-state index is -3.08. The van der Waals surface area contributed by atoms with E-state index in [1.807, 2.05) is 0 Å². The van der Waals surface area contributed by atoms with Gasteiger partial charge in [-0.2, -0.15) is 0 Å². The molecular weight excluding hydrogens is 378 g/mol. The molecule has 9 heteroatoms. The molecule has 1 aliphatic rings. The monoisotopic (exact) mass is 393 g/mol. The maximum Gasteiger partial charge on any atom is 0.374 e. The van der Waals surface area contributed by atoms with E-state index in [1.54, 1.807) is 13.0 Å².